The highest BCUT2D eigenvalue weighted by atomic mass is 35.5. The number of aliphatic carboxylic acids is 1. The number of nitrogens with one attached hydrogen (secondary N) is 1. The maximum absolute atomic E-state index is 14.7. The smallest absolute Gasteiger partial charge is 0.429 e. The molecule has 3 aromatic rings. The summed E-state index contributed by atoms with van der Waals surface area (Å²) in [6.07, 6.45) is -4.26. The Morgan fingerprint density at radius 2 is 1.91 bits per heavy atom. The highest BCUT2D eigenvalue weighted by Crippen LogP contribution is 2.44. The van der Waals surface area contributed by atoms with Crippen LogP contribution in [0.4, 0.5) is 30.6 Å². The van der Waals surface area contributed by atoms with E-state index in [0.29, 0.717) is 75.4 Å². The number of hydrogen-bond donors (Lipinski definition) is 3. The number of carbonyl (C=O) groups is 2. The Labute approximate surface area is 262 Å². The molecule has 3 saturated heterocycles. The quantitative estimate of drug-likeness (QED) is 0.316. The van der Waals surface area contributed by atoms with Crippen molar-refractivity contribution in [3.8, 4) is 17.0 Å². The van der Waals surface area contributed by atoms with Crippen molar-refractivity contribution in [3.05, 3.63) is 59.1 Å². The number of rotatable bonds is 7. The number of benzene rings is 2. The molecule has 6 rings (SSSR count). The number of carboxylic acid groups (broad SMARTS) is 1. The van der Waals surface area contributed by atoms with E-state index in [-0.39, 0.29) is 39.3 Å². The molecule has 3 fully saturated rings. The molecule has 0 unspecified atom stereocenters. The highest BCUT2D eigenvalue weighted by molar-refractivity contribution is 6.30. The summed E-state index contributed by atoms with van der Waals surface area (Å²) in [5.41, 5.74) is 6.84. The molecule has 45 heavy (non-hydrogen) atoms. The van der Waals surface area contributed by atoms with E-state index in [9.17, 15) is 27.9 Å². The predicted octanol–water partition coefficient (Wildman–Crippen LogP) is 5.22. The van der Waals surface area contributed by atoms with Gasteiger partial charge in [-0.3, -0.25) is 9.59 Å². The maximum atomic E-state index is 14.7. The number of nitrogen functional groups attached to an aromatic ring is 1. The lowest BCUT2D eigenvalue weighted by atomic mass is 9.76. The number of carboxylic acids is 1. The lowest BCUT2D eigenvalue weighted by Gasteiger charge is -2.39. The monoisotopic (exact) mass is 644 g/mol. The van der Waals surface area contributed by atoms with Crippen molar-refractivity contribution < 1.29 is 32.6 Å². The third-order valence-electron chi connectivity index (χ3n) is 8.89. The number of nitrogens with two attached hydrogens (primary N) is 1. The second-order valence-electron chi connectivity index (χ2n) is 11.9. The minimum absolute atomic E-state index is 0.0413. The maximum Gasteiger partial charge on any atom is 0.429 e. The number of hydrogen-bond acceptors (Lipinski definition) is 8. The molecule has 2 atom stereocenters. The van der Waals surface area contributed by atoms with E-state index in [2.05, 4.69) is 15.3 Å². The topological polar surface area (TPSA) is 134 Å². The van der Waals surface area contributed by atoms with E-state index in [1.54, 1.807) is 29.2 Å². The first-order valence-electron chi connectivity index (χ1n) is 14.7. The Morgan fingerprint density at radius 1 is 1.13 bits per heavy atom. The van der Waals surface area contributed by atoms with Gasteiger partial charge in [0, 0.05) is 54.9 Å². The van der Waals surface area contributed by atoms with Crippen LogP contribution < -0.4 is 25.6 Å². The molecule has 1 spiro atoms. The predicted molar refractivity (Wildman–Crippen MR) is 162 cm³/mol. The summed E-state index contributed by atoms with van der Waals surface area (Å²) >= 11 is 6.27. The van der Waals surface area contributed by atoms with Crippen molar-refractivity contribution in [3.63, 3.8) is 0 Å². The summed E-state index contributed by atoms with van der Waals surface area (Å²) in [4.78, 5) is 35.5. The summed E-state index contributed by atoms with van der Waals surface area (Å²) in [6, 6.07) is 11.6. The van der Waals surface area contributed by atoms with Crippen LogP contribution in [0.2, 0.25) is 5.02 Å². The van der Waals surface area contributed by atoms with Crippen molar-refractivity contribution in [1.82, 2.24) is 15.3 Å². The molecule has 4 N–H and O–H groups in total. The summed E-state index contributed by atoms with van der Waals surface area (Å²) in [5, 5.41) is 12.7. The lowest BCUT2D eigenvalue weighted by molar-refractivity contribution is -0.198. The van der Waals surface area contributed by atoms with Gasteiger partial charge >= 0.3 is 12.1 Å². The van der Waals surface area contributed by atoms with E-state index in [1.165, 1.54) is 24.3 Å². The molecule has 3 aliphatic rings. The Balaban J connectivity index is 1.28. The van der Waals surface area contributed by atoms with Crippen molar-refractivity contribution in [2.75, 3.05) is 41.7 Å². The number of ether oxygens (including phenoxy) is 1. The Morgan fingerprint density at radius 3 is 2.58 bits per heavy atom. The van der Waals surface area contributed by atoms with Gasteiger partial charge in [-0.1, -0.05) is 29.8 Å². The zero-order valence-corrected chi connectivity index (χ0v) is 24.9. The normalized spacial score (nSPS) is 20.5. The van der Waals surface area contributed by atoms with Gasteiger partial charge in [0.05, 0.1) is 0 Å². The highest BCUT2D eigenvalue weighted by Gasteiger charge is 2.46. The molecular weight excluding hydrogens is 613 g/mol. The van der Waals surface area contributed by atoms with Gasteiger partial charge in [-0.05, 0) is 66.5 Å². The van der Waals surface area contributed by atoms with Crippen LogP contribution >= 0.6 is 11.6 Å². The van der Waals surface area contributed by atoms with Crippen LogP contribution in [0.5, 0.6) is 5.88 Å². The first-order chi connectivity index (χ1) is 21.4. The third-order valence-corrected chi connectivity index (χ3v) is 9.12. The van der Waals surface area contributed by atoms with Gasteiger partial charge in [0.2, 0.25) is 23.8 Å². The van der Waals surface area contributed by atoms with Crippen LogP contribution in [-0.4, -0.2) is 65.3 Å². The van der Waals surface area contributed by atoms with Gasteiger partial charge in [-0.25, -0.2) is 0 Å². The first kappa shape index (κ1) is 30.9. The molecule has 4 heterocycles. The molecule has 14 heteroatoms. The molecule has 0 bridgehead atoms. The number of anilines is 3. The van der Waals surface area contributed by atoms with Crippen molar-refractivity contribution in [2.24, 2.45) is 5.41 Å². The third kappa shape index (κ3) is 6.50. The largest absolute Gasteiger partial charge is 0.480 e. The Kier molecular flexibility index (Phi) is 8.25. The number of piperidine rings is 1. The van der Waals surface area contributed by atoms with E-state index < -0.39 is 24.3 Å². The van der Waals surface area contributed by atoms with Crippen LogP contribution in [-0.2, 0) is 9.59 Å². The van der Waals surface area contributed by atoms with E-state index in [1.807, 2.05) is 4.90 Å². The molecular formula is C31H32ClF3N6O4. The number of aromatic nitrogens is 2. The van der Waals surface area contributed by atoms with Crippen LogP contribution in [0.1, 0.15) is 43.8 Å². The summed E-state index contributed by atoms with van der Waals surface area (Å²) in [5.74, 6) is -1.17. The van der Waals surface area contributed by atoms with Gasteiger partial charge in [0.15, 0.2) is 0 Å². The molecule has 0 aliphatic carbocycles. The van der Waals surface area contributed by atoms with Crippen molar-refractivity contribution in [2.45, 2.75) is 50.4 Å². The van der Waals surface area contributed by atoms with Gasteiger partial charge < -0.3 is 30.7 Å². The average molecular weight is 645 g/mol. The van der Waals surface area contributed by atoms with Crippen LogP contribution in [0, 0.1) is 5.41 Å². The average Bonchev–Trinajstić information content (AvgIpc) is 3.62. The van der Waals surface area contributed by atoms with Crippen LogP contribution in [0.25, 0.3) is 11.1 Å². The first-order valence-corrected chi connectivity index (χ1v) is 15.1. The molecule has 1 amide bonds. The molecule has 0 radical (unpaired) electrons. The van der Waals surface area contributed by atoms with Crippen LogP contribution in [0.3, 0.4) is 0 Å². The van der Waals surface area contributed by atoms with Crippen molar-refractivity contribution in [1.29, 1.82) is 0 Å². The second kappa shape index (κ2) is 12.0. The lowest BCUT2D eigenvalue weighted by Crippen LogP contribution is -2.41. The minimum atomic E-state index is -4.85. The second-order valence-corrected chi connectivity index (χ2v) is 12.3. The van der Waals surface area contributed by atoms with E-state index >= 15 is 0 Å². The number of carbonyl (C=O) groups excluding carboxylic acids is 1. The summed E-state index contributed by atoms with van der Waals surface area (Å²) in [7, 11) is 0. The molecule has 238 valence electrons. The summed E-state index contributed by atoms with van der Waals surface area (Å²) < 4.78 is 49.8. The van der Waals surface area contributed by atoms with Crippen LogP contribution in [0.15, 0.2) is 48.5 Å². The Bertz CT molecular complexity index is 1610. The molecule has 3 aliphatic heterocycles. The molecule has 2 aromatic carbocycles. The van der Waals surface area contributed by atoms with Gasteiger partial charge in [-0.15, -0.1) is 0 Å². The zero-order chi connectivity index (χ0) is 31.9. The number of alkyl halides is 3. The molecule has 10 nitrogen and oxygen atoms in total. The molecule has 1 aromatic heterocycles. The number of amides is 1. The van der Waals surface area contributed by atoms with Gasteiger partial charge in [0.25, 0.3) is 0 Å². The van der Waals surface area contributed by atoms with E-state index in [4.69, 9.17) is 22.1 Å². The van der Waals surface area contributed by atoms with Gasteiger partial charge in [0.1, 0.15) is 11.9 Å². The summed E-state index contributed by atoms with van der Waals surface area (Å²) in [6.45, 7) is 2.16. The van der Waals surface area contributed by atoms with Crippen molar-refractivity contribution >= 4 is 40.9 Å². The van der Waals surface area contributed by atoms with E-state index in [0.717, 1.165) is 0 Å². The Hall–Kier alpha value is -4.10. The number of halogens is 4. The fraction of sp³-hybridized carbons (Fsp3) is 0.419. The van der Waals surface area contributed by atoms with Gasteiger partial charge in [-0.2, -0.15) is 23.1 Å². The number of nitrogens with zero attached hydrogens (tertiary/aromatic N) is 4. The zero-order valence-electron chi connectivity index (χ0n) is 24.2. The fourth-order valence-corrected chi connectivity index (χ4v) is 6.70. The minimum Gasteiger partial charge on any atom is -0.480 e. The fourth-order valence-electron chi connectivity index (χ4n) is 6.53. The SMILES string of the molecule is Nc1nc(O[C@H](c2ccc(Cl)cc2-c2cccc(N3CCCC3=O)c2)C(F)(F)F)cc(N2CCC3(CC2)CN[C@H](C(=O)O)C3)n1. The standard InChI is InChI=1S/C31H32ClF3N6O4/c32-19-6-7-21(22(14-19)18-3-1-4-20(13-18)41-10-2-5-26(41)42)27(31(33,34)35)45-25-15-24(38-29(36)39-25)40-11-8-30(9-12-40)16-23(28(43)44)37-17-30/h1,3-4,6-7,13-15,23,27,37H,2,5,8-12,16-17H2,(H,43,44)(H2,36,38,39)/t23-,27+/m0/s1. The molecule has 0 saturated carbocycles.